The zero-order valence-corrected chi connectivity index (χ0v) is 8.44. The minimum absolute atomic E-state index is 0.673. The van der Waals surface area contributed by atoms with E-state index in [4.69, 9.17) is 5.11 Å². The van der Waals surface area contributed by atoms with Crippen LogP contribution in [-0.4, -0.2) is 24.3 Å². The van der Waals surface area contributed by atoms with Gasteiger partial charge in [0.25, 0.3) is 0 Å². The first kappa shape index (κ1) is 9.83. The van der Waals surface area contributed by atoms with Crippen LogP contribution in [0.2, 0.25) is 0 Å². The molecule has 1 aliphatic rings. The van der Waals surface area contributed by atoms with Gasteiger partial charge in [0, 0.05) is 13.1 Å². The van der Waals surface area contributed by atoms with Gasteiger partial charge in [0.1, 0.15) is 0 Å². The van der Waals surface area contributed by atoms with E-state index in [9.17, 15) is 4.79 Å². The van der Waals surface area contributed by atoms with Gasteiger partial charge in [0.15, 0.2) is 0 Å². The van der Waals surface area contributed by atoms with Gasteiger partial charge in [-0.25, -0.2) is 4.79 Å². The highest BCUT2D eigenvalue weighted by molar-refractivity contribution is 5.88. The van der Waals surface area contributed by atoms with E-state index in [-0.39, 0.29) is 0 Å². The van der Waals surface area contributed by atoms with Crippen LogP contribution in [-0.2, 0) is 0 Å². The fourth-order valence-corrected chi connectivity index (χ4v) is 1.93. The number of carbonyl (C=O) groups is 1. The minimum atomic E-state index is -1.01. The van der Waals surface area contributed by atoms with Crippen molar-refractivity contribution in [3.05, 3.63) is 24.3 Å². The highest BCUT2D eigenvalue weighted by Gasteiger charge is 2.15. The molecule has 80 valence electrons. The Morgan fingerprint density at radius 1 is 1.27 bits per heavy atom. The molecular formula is C11H14N2O2. The molecule has 0 atom stereocenters. The summed E-state index contributed by atoms with van der Waals surface area (Å²) in [6, 6.07) is 7.52. The van der Waals surface area contributed by atoms with Crippen LogP contribution in [0.1, 0.15) is 12.8 Å². The molecule has 4 heteroatoms. The van der Waals surface area contributed by atoms with Gasteiger partial charge in [-0.2, -0.15) is 0 Å². The molecule has 15 heavy (non-hydrogen) atoms. The Morgan fingerprint density at radius 2 is 1.93 bits per heavy atom. The molecule has 0 aromatic heterocycles. The zero-order chi connectivity index (χ0) is 10.7. The van der Waals surface area contributed by atoms with Gasteiger partial charge in [0.2, 0.25) is 0 Å². The van der Waals surface area contributed by atoms with Crippen LogP contribution in [0.5, 0.6) is 0 Å². The van der Waals surface area contributed by atoms with Gasteiger partial charge in [-0.15, -0.1) is 0 Å². The predicted molar refractivity (Wildman–Crippen MR) is 59.5 cm³/mol. The van der Waals surface area contributed by atoms with E-state index in [1.165, 1.54) is 12.8 Å². The number of carboxylic acid groups (broad SMARTS) is 1. The normalized spacial score (nSPS) is 15.3. The Balaban J connectivity index is 2.24. The van der Waals surface area contributed by atoms with Gasteiger partial charge in [-0.3, -0.25) is 5.32 Å². The quantitative estimate of drug-likeness (QED) is 0.781. The maximum atomic E-state index is 10.6. The van der Waals surface area contributed by atoms with Crippen molar-refractivity contribution in [3.8, 4) is 0 Å². The number of hydrogen-bond donors (Lipinski definition) is 2. The molecule has 0 bridgehead atoms. The number of anilines is 2. The lowest BCUT2D eigenvalue weighted by molar-refractivity contribution is 0.210. The second-order valence-electron chi connectivity index (χ2n) is 3.64. The summed E-state index contributed by atoms with van der Waals surface area (Å²) in [6.45, 7) is 2.02. The van der Waals surface area contributed by atoms with Crippen LogP contribution in [0.4, 0.5) is 16.2 Å². The van der Waals surface area contributed by atoms with E-state index < -0.39 is 6.09 Å². The smallest absolute Gasteiger partial charge is 0.409 e. The molecule has 1 saturated heterocycles. The van der Waals surface area contributed by atoms with E-state index >= 15 is 0 Å². The Morgan fingerprint density at radius 3 is 2.60 bits per heavy atom. The summed E-state index contributed by atoms with van der Waals surface area (Å²) in [4.78, 5) is 12.8. The molecule has 0 saturated carbocycles. The molecular weight excluding hydrogens is 192 g/mol. The van der Waals surface area contributed by atoms with E-state index in [0.29, 0.717) is 5.69 Å². The first-order chi connectivity index (χ1) is 7.27. The molecule has 1 heterocycles. The van der Waals surface area contributed by atoms with Crippen molar-refractivity contribution in [1.29, 1.82) is 0 Å². The van der Waals surface area contributed by atoms with Crippen molar-refractivity contribution in [2.24, 2.45) is 0 Å². The third-order valence-electron chi connectivity index (χ3n) is 2.59. The lowest BCUT2D eigenvalue weighted by Crippen LogP contribution is -2.20. The molecule has 2 N–H and O–H groups in total. The fourth-order valence-electron chi connectivity index (χ4n) is 1.93. The number of hydrogen-bond acceptors (Lipinski definition) is 2. The third-order valence-corrected chi connectivity index (χ3v) is 2.59. The molecule has 1 amide bonds. The van der Waals surface area contributed by atoms with E-state index in [1.54, 1.807) is 6.07 Å². The van der Waals surface area contributed by atoms with E-state index in [0.717, 1.165) is 18.8 Å². The third kappa shape index (κ3) is 2.21. The lowest BCUT2D eigenvalue weighted by Gasteiger charge is -2.20. The molecule has 0 spiro atoms. The maximum absolute atomic E-state index is 10.6. The lowest BCUT2D eigenvalue weighted by atomic mass is 10.2. The van der Waals surface area contributed by atoms with Crippen molar-refractivity contribution in [2.75, 3.05) is 23.3 Å². The summed E-state index contributed by atoms with van der Waals surface area (Å²) in [7, 11) is 0. The molecule has 0 unspecified atom stereocenters. The zero-order valence-electron chi connectivity index (χ0n) is 8.44. The van der Waals surface area contributed by atoms with Gasteiger partial charge in [-0.1, -0.05) is 12.1 Å². The Kier molecular flexibility index (Phi) is 2.76. The highest BCUT2D eigenvalue weighted by atomic mass is 16.4. The second kappa shape index (κ2) is 4.21. The summed E-state index contributed by atoms with van der Waals surface area (Å²) >= 11 is 0. The standard InChI is InChI=1S/C11H14N2O2/c14-11(15)12-9-5-1-2-6-10(9)13-7-3-4-8-13/h1-2,5-6,12H,3-4,7-8H2,(H,14,15). The second-order valence-corrected chi connectivity index (χ2v) is 3.64. The average molecular weight is 206 g/mol. The van der Waals surface area contributed by atoms with Gasteiger partial charge in [0.05, 0.1) is 11.4 Å². The summed E-state index contributed by atoms with van der Waals surface area (Å²) in [5, 5.41) is 11.1. The Bertz CT molecular complexity index is 359. The van der Waals surface area contributed by atoms with Gasteiger partial charge in [-0.05, 0) is 25.0 Å². The first-order valence-electron chi connectivity index (χ1n) is 5.11. The van der Waals surface area contributed by atoms with E-state index in [2.05, 4.69) is 10.2 Å². The monoisotopic (exact) mass is 206 g/mol. The minimum Gasteiger partial charge on any atom is -0.465 e. The van der Waals surface area contributed by atoms with Crippen LogP contribution in [0.15, 0.2) is 24.3 Å². The van der Waals surface area contributed by atoms with Crippen molar-refractivity contribution in [1.82, 2.24) is 0 Å². The molecule has 1 fully saturated rings. The molecule has 1 aromatic rings. The highest BCUT2D eigenvalue weighted by Crippen LogP contribution is 2.28. The molecule has 1 aliphatic heterocycles. The summed E-state index contributed by atoms with van der Waals surface area (Å²) in [5.41, 5.74) is 1.66. The first-order valence-corrected chi connectivity index (χ1v) is 5.11. The van der Waals surface area contributed by atoms with Gasteiger partial charge < -0.3 is 10.0 Å². The molecule has 2 rings (SSSR count). The van der Waals surface area contributed by atoms with Crippen LogP contribution in [0.3, 0.4) is 0 Å². The number of para-hydroxylation sites is 2. The van der Waals surface area contributed by atoms with Gasteiger partial charge >= 0.3 is 6.09 Å². The fraction of sp³-hybridized carbons (Fsp3) is 0.364. The topological polar surface area (TPSA) is 52.6 Å². The van der Waals surface area contributed by atoms with Crippen molar-refractivity contribution in [2.45, 2.75) is 12.8 Å². The number of nitrogens with zero attached hydrogens (tertiary/aromatic N) is 1. The van der Waals surface area contributed by atoms with Crippen LogP contribution in [0, 0.1) is 0 Å². The number of benzene rings is 1. The molecule has 0 radical (unpaired) electrons. The summed E-state index contributed by atoms with van der Waals surface area (Å²) in [6.07, 6.45) is 1.35. The van der Waals surface area contributed by atoms with Crippen molar-refractivity contribution >= 4 is 17.5 Å². The number of nitrogens with one attached hydrogen (secondary N) is 1. The Labute approximate surface area is 88.5 Å². The maximum Gasteiger partial charge on any atom is 0.409 e. The number of amides is 1. The predicted octanol–water partition coefficient (Wildman–Crippen LogP) is 2.38. The van der Waals surface area contributed by atoms with Crippen molar-refractivity contribution < 1.29 is 9.90 Å². The van der Waals surface area contributed by atoms with Crippen LogP contribution < -0.4 is 10.2 Å². The van der Waals surface area contributed by atoms with E-state index in [1.807, 2.05) is 18.2 Å². The van der Waals surface area contributed by atoms with Crippen molar-refractivity contribution in [3.63, 3.8) is 0 Å². The van der Waals surface area contributed by atoms with Crippen LogP contribution in [0.25, 0.3) is 0 Å². The molecule has 1 aromatic carbocycles. The molecule has 0 aliphatic carbocycles. The summed E-state index contributed by atoms with van der Waals surface area (Å²) < 4.78 is 0. The Hall–Kier alpha value is -1.71. The molecule has 4 nitrogen and oxygen atoms in total. The SMILES string of the molecule is O=C(O)Nc1ccccc1N1CCCC1. The largest absolute Gasteiger partial charge is 0.465 e. The number of rotatable bonds is 2. The van der Waals surface area contributed by atoms with Crippen LogP contribution >= 0.6 is 0 Å². The average Bonchev–Trinajstić information content (AvgIpc) is 2.70. The summed E-state index contributed by atoms with van der Waals surface area (Å²) in [5.74, 6) is 0.